The molecule has 33 heavy (non-hydrogen) atoms. The topological polar surface area (TPSA) is 75.5 Å². The summed E-state index contributed by atoms with van der Waals surface area (Å²) in [5.74, 6) is 0.927. The number of likely N-dealkylation sites (tertiary alicyclic amines) is 1. The molecule has 1 aliphatic heterocycles. The molecule has 1 N–H and O–H groups in total. The molecule has 4 aromatic rings. The molecule has 0 bridgehead atoms. The van der Waals surface area contributed by atoms with Crippen molar-refractivity contribution in [3.05, 3.63) is 77.0 Å². The van der Waals surface area contributed by atoms with Gasteiger partial charge in [0.15, 0.2) is 11.5 Å². The highest BCUT2D eigenvalue weighted by molar-refractivity contribution is 5.91. The minimum Gasteiger partial charge on any atom is -0.474 e. The predicted octanol–water partition coefficient (Wildman–Crippen LogP) is 4.70. The number of fused-ring (bicyclic) bond motifs is 3. The number of nitrogens with zero attached hydrogens (tertiary/aromatic N) is 4. The Labute approximate surface area is 192 Å². The zero-order valence-electron chi connectivity index (χ0n) is 19.3. The molecule has 7 heteroatoms. The Morgan fingerprint density at radius 3 is 2.55 bits per heavy atom. The maximum Gasteiger partial charge on any atom is 0.251 e. The summed E-state index contributed by atoms with van der Waals surface area (Å²) >= 11 is 0. The number of benzene rings is 1. The van der Waals surface area contributed by atoms with E-state index in [1.54, 1.807) is 6.07 Å². The number of hydrogen-bond donors (Lipinski definition) is 1. The number of H-pyrrole nitrogens is 1. The molecule has 0 unspecified atom stereocenters. The number of pyridine rings is 1. The van der Waals surface area contributed by atoms with Crippen LogP contribution >= 0.6 is 0 Å². The van der Waals surface area contributed by atoms with Gasteiger partial charge in [0, 0.05) is 30.6 Å². The summed E-state index contributed by atoms with van der Waals surface area (Å²) in [5, 5.41) is 5.65. The van der Waals surface area contributed by atoms with Crippen LogP contribution in [0.1, 0.15) is 45.2 Å². The average molecular weight is 444 g/mol. The van der Waals surface area contributed by atoms with E-state index in [-0.39, 0.29) is 17.1 Å². The summed E-state index contributed by atoms with van der Waals surface area (Å²) in [5.41, 5.74) is 3.76. The van der Waals surface area contributed by atoms with Gasteiger partial charge in [0.2, 0.25) is 0 Å². The minimum atomic E-state index is -0.270. The van der Waals surface area contributed by atoms with Gasteiger partial charge in [-0.1, -0.05) is 30.3 Å². The summed E-state index contributed by atoms with van der Waals surface area (Å²) in [6.45, 7) is 11.8. The second-order valence-corrected chi connectivity index (χ2v) is 9.62. The molecule has 1 fully saturated rings. The third kappa shape index (κ3) is 4.23. The van der Waals surface area contributed by atoms with E-state index < -0.39 is 0 Å². The molecule has 0 spiro atoms. The Morgan fingerprint density at radius 1 is 1.12 bits per heavy atom. The summed E-state index contributed by atoms with van der Waals surface area (Å²) in [4.78, 5) is 22.5. The van der Waals surface area contributed by atoms with Gasteiger partial charge in [-0.25, -0.2) is 9.50 Å². The molecule has 1 aliphatic rings. The van der Waals surface area contributed by atoms with Crippen LogP contribution < -0.4 is 5.56 Å². The Hall–Kier alpha value is -3.61. The number of aromatic nitrogens is 4. The second kappa shape index (κ2) is 8.06. The molecular formula is C26H29N5O2. The van der Waals surface area contributed by atoms with E-state index in [0.717, 1.165) is 48.3 Å². The lowest BCUT2D eigenvalue weighted by atomic mass is 9.93. The quantitative estimate of drug-likeness (QED) is 0.463. The van der Waals surface area contributed by atoms with Crippen molar-refractivity contribution in [1.29, 1.82) is 0 Å². The number of nitrogens with one attached hydrogen (secondary N) is 1. The zero-order valence-corrected chi connectivity index (χ0v) is 19.3. The van der Waals surface area contributed by atoms with Gasteiger partial charge < -0.3 is 14.6 Å². The van der Waals surface area contributed by atoms with Crippen molar-refractivity contribution in [2.45, 2.75) is 45.1 Å². The highest BCUT2D eigenvalue weighted by Gasteiger charge is 2.27. The molecule has 1 aromatic carbocycles. The van der Waals surface area contributed by atoms with E-state index in [1.807, 2.05) is 67.8 Å². The largest absolute Gasteiger partial charge is 0.474 e. The van der Waals surface area contributed by atoms with Crippen molar-refractivity contribution >= 4 is 16.7 Å². The molecule has 170 valence electrons. The third-order valence-corrected chi connectivity index (χ3v) is 6.06. The van der Waals surface area contributed by atoms with E-state index >= 15 is 0 Å². The van der Waals surface area contributed by atoms with Crippen LogP contribution in [0.3, 0.4) is 0 Å². The molecule has 7 nitrogen and oxygen atoms in total. The molecule has 0 atom stereocenters. The third-order valence-electron chi connectivity index (χ3n) is 6.06. The van der Waals surface area contributed by atoms with Crippen molar-refractivity contribution < 1.29 is 4.74 Å². The van der Waals surface area contributed by atoms with Crippen LogP contribution in [-0.4, -0.2) is 43.2 Å². The first-order valence-corrected chi connectivity index (χ1v) is 11.4. The normalized spacial score (nSPS) is 15.3. The Bertz CT molecular complexity index is 1370. The van der Waals surface area contributed by atoms with Crippen LogP contribution in [0.25, 0.3) is 27.9 Å². The fourth-order valence-corrected chi connectivity index (χ4v) is 4.53. The van der Waals surface area contributed by atoms with Crippen molar-refractivity contribution in [3.63, 3.8) is 0 Å². The average Bonchev–Trinajstić information content (AvgIpc) is 3.16. The van der Waals surface area contributed by atoms with Gasteiger partial charge in [0.05, 0.1) is 16.8 Å². The van der Waals surface area contributed by atoms with E-state index in [9.17, 15) is 4.79 Å². The lowest BCUT2D eigenvalue weighted by Crippen LogP contribution is -2.36. The SMILES string of the molecule is C=C(OC(C)(C)C)N1CCC(c2cc(=O)[nH]c3c4ccc(-c5ccccc5)nc4nn23)CC1. The summed E-state index contributed by atoms with van der Waals surface area (Å²) < 4.78 is 7.82. The Balaban J connectivity index is 1.46. The first kappa shape index (κ1) is 21.2. The molecular weight excluding hydrogens is 414 g/mol. The van der Waals surface area contributed by atoms with Crippen molar-refractivity contribution in [3.8, 4) is 11.3 Å². The van der Waals surface area contributed by atoms with Crippen LogP contribution in [0.2, 0.25) is 0 Å². The highest BCUT2D eigenvalue weighted by Crippen LogP contribution is 2.31. The Morgan fingerprint density at radius 2 is 1.85 bits per heavy atom. The van der Waals surface area contributed by atoms with Crippen molar-refractivity contribution in [2.24, 2.45) is 0 Å². The van der Waals surface area contributed by atoms with E-state index in [4.69, 9.17) is 14.8 Å². The van der Waals surface area contributed by atoms with Crippen LogP contribution in [0, 0.1) is 0 Å². The molecule has 1 saturated heterocycles. The minimum absolute atomic E-state index is 0.116. The fourth-order valence-electron chi connectivity index (χ4n) is 4.53. The number of hydrogen-bond acceptors (Lipinski definition) is 5. The van der Waals surface area contributed by atoms with Crippen LogP contribution in [0.15, 0.2) is 65.8 Å². The van der Waals surface area contributed by atoms with Gasteiger partial charge in [0.25, 0.3) is 5.56 Å². The Kier molecular flexibility index (Phi) is 5.19. The summed E-state index contributed by atoms with van der Waals surface area (Å²) in [6.07, 6.45) is 1.79. The van der Waals surface area contributed by atoms with E-state index in [2.05, 4.69) is 16.5 Å². The molecule has 3 aromatic heterocycles. The van der Waals surface area contributed by atoms with Crippen LogP contribution in [0.4, 0.5) is 0 Å². The standard InChI is InChI=1S/C26H29N5O2/c1-17(33-26(2,3)4)30-14-12-19(13-15-30)22-16-23(32)28-25-20-10-11-21(18-8-6-5-7-9-18)27-24(20)29-31(22)25/h5-11,16,19H,1,12-15H2,2-4H3,(H,28,32). The van der Waals surface area contributed by atoms with Gasteiger partial charge in [-0.05, 0) is 52.3 Å². The number of piperidine rings is 1. The fraction of sp³-hybridized carbons (Fsp3) is 0.346. The molecule has 4 heterocycles. The first-order valence-electron chi connectivity index (χ1n) is 11.4. The van der Waals surface area contributed by atoms with E-state index in [1.165, 1.54) is 0 Å². The van der Waals surface area contributed by atoms with Crippen LogP contribution in [-0.2, 0) is 4.74 Å². The number of ether oxygens (including phenoxy) is 1. The van der Waals surface area contributed by atoms with Crippen molar-refractivity contribution in [1.82, 2.24) is 24.5 Å². The molecule has 0 amide bonds. The number of rotatable bonds is 4. The number of aromatic amines is 1. The van der Waals surface area contributed by atoms with Gasteiger partial charge in [-0.15, -0.1) is 5.10 Å². The van der Waals surface area contributed by atoms with Crippen molar-refractivity contribution in [2.75, 3.05) is 13.1 Å². The molecule has 0 aliphatic carbocycles. The molecule has 5 rings (SSSR count). The maximum atomic E-state index is 12.5. The van der Waals surface area contributed by atoms with Gasteiger partial charge in [0.1, 0.15) is 11.2 Å². The van der Waals surface area contributed by atoms with Gasteiger partial charge >= 0.3 is 0 Å². The smallest absolute Gasteiger partial charge is 0.251 e. The zero-order chi connectivity index (χ0) is 23.2. The van der Waals surface area contributed by atoms with Gasteiger partial charge in [-0.3, -0.25) is 4.79 Å². The highest BCUT2D eigenvalue weighted by atomic mass is 16.5. The predicted molar refractivity (Wildman–Crippen MR) is 130 cm³/mol. The maximum absolute atomic E-state index is 12.5. The van der Waals surface area contributed by atoms with E-state index in [0.29, 0.717) is 17.2 Å². The second-order valence-electron chi connectivity index (χ2n) is 9.62. The van der Waals surface area contributed by atoms with Gasteiger partial charge in [-0.2, -0.15) is 0 Å². The molecule has 0 radical (unpaired) electrons. The first-order chi connectivity index (χ1) is 15.8. The lowest BCUT2D eigenvalue weighted by molar-refractivity contribution is -0.00307. The summed E-state index contributed by atoms with van der Waals surface area (Å²) in [7, 11) is 0. The monoisotopic (exact) mass is 443 g/mol. The molecule has 0 saturated carbocycles. The summed E-state index contributed by atoms with van der Waals surface area (Å²) in [6, 6.07) is 15.7. The van der Waals surface area contributed by atoms with Crippen LogP contribution in [0.5, 0.6) is 0 Å². The lowest BCUT2D eigenvalue weighted by Gasteiger charge is -2.36.